The summed E-state index contributed by atoms with van der Waals surface area (Å²) < 4.78 is 0. The van der Waals surface area contributed by atoms with Crippen LogP contribution in [0.1, 0.15) is 22.8 Å². The molecular formula is C31H23Cl4N3O3S. The van der Waals surface area contributed by atoms with Crippen molar-refractivity contribution in [1.82, 2.24) is 5.32 Å². The quantitative estimate of drug-likeness (QED) is 0.124. The van der Waals surface area contributed by atoms with Crippen LogP contribution in [0, 0.1) is 0 Å². The minimum absolute atomic E-state index is 0.0534. The molecule has 0 aliphatic rings. The van der Waals surface area contributed by atoms with Crippen molar-refractivity contribution in [3.8, 4) is 0 Å². The van der Waals surface area contributed by atoms with E-state index in [2.05, 4.69) is 16.0 Å². The summed E-state index contributed by atoms with van der Waals surface area (Å²) in [5, 5.41) is 9.03. The maximum atomic E-state index is 13.3. The molecule has 0 fully saturated rings. The molecule has 6 nitrogen and oxygen atoms in total. The van der Waals surface area contributed by atoms with E-state index in [1.807, 2.05) is 0 Å². The second kappa shape index (κ2) is 14.6. The molecule has 0 saturated heterocycles. The molecule has 0 aromatic heterocycles. The normalized spacial score (nSPS) is 11.9. The molecule has 4 aromatic carbocycles. The standard InChI is InChI=1S/C31H23Cl4N3O3S/c1-18(29(39)37-26-12-6-11-25(34)28(26)35)42-21-15-13-20(14-16-21)36-31(41)27(17-22-23(32)9-5-10-24(22)33)38-30(40)19-7-3-2-4-8-19/h2-18H,1H3,(H,36,41)(H,37,39)(H,38,40)/b27-17-. The number of benzene rings is 4. The zero-order valence-electron chi connectivity index (χ0n) is 22.0. The van der Waals surface area contributed by atoms with E-state index in [1.165, 1.54) is 17.8 Å². The molecule has 1 atom stereocenters. The molecule has 3 N–H and O–H groups in total. The molecule has 0 bridgehead atoms. The monoisotopic (exact) mass is 657 g/mol. The van der Waals surface area contributed by atoms with Crippen molar-refractivity contribution < 1.29 is 14.4 Å². The molecular weight excluding hydrogens is 636 g/mol. The third-order valence-electron chi connectivity index (χ3n) is 5.82. The molecule has 0 saturated carbocycles. The van der Waals surface area contributed by atoms with Crippen LogP contribution < -0.4 is 16.0 Å². The lowest BCUT2D eigenvalue weighted by Gasteiger charge is -2.14. The number of carbonyl (C=O) groups excluding carboxylic acids is 3. The molecule has 0 aliphatic heterocycles. The van der Waals surface area contributed by atoms with E-state index >= 15 is 0 Å². The number of carbonyl (C=O) groups is 3. The summed E-state index contributed by atoms with van der Waals surface area (Å²) in [6.45, 7) is 1.76. The zero-order valence-corrected chi connectivity index (χ0v) is 25.8. The topological polar surface area (TPSA) is 87.3 Å². The smallest absolute Gasteiger partial charge is 0.272 e. The fourth-order valence-corrected chi connectivity index (χ4v) is 5.36. The van der Waals surface area contributed by atoms with Crippen molar-refractivity contribution in [2.75, 3.05) is 10.6 Å². The summed E-state index contributed by atoms with van der Waals surface area (Å²) in [5.74, 6) is -1.30. The summed E-state index contributed by atoms with van der Waals surface area (Å²) in [5.41, 5.74) is 1.61. The van der Waals surface area contributed by atoms with Crippen molar-refractivity contribution in [2.24, 2.45) is 0 Å². The van der Waals surface area contributed by atoms with Crippen LogP contribution in [0.25, 0.3) is 6.08 Å². The van der Waals surface area contributed by atoms with Crippen molar-refractivity contribution in [2.45, 2.75) is 17.1 Å². The number of hydrogen-bond acceptors (Lipinski definition) is 4. The van der Waals surface area contributed by atoms with E-state index in [4.69, 9.17) is 46.4 Å². The van der Waals surface area contributed by atoms with Gasteiger partial charge in [-0.05, 0) is 73.7 Å². The fraction of sp³-hybridized carbons (Fsp3) is 0.0645. The average Bonchev–Trinajstić information content (AvgIpc) is 2.98. The van der Waals surface area contributed by atoms with Crippen molar-refractivity contribution >= 4 is 93.3 Å². The van der Waals surface area contributed by atoms with Gasteiger partial charge in [0.2, 0.25) is 5.91 Å². The third kappa shape index (κ3) is 8.31. The van der Waals surface area contributed by atoms with Gasteiger partial charge in [0.15, 0.2) is 0 Å². The van der Waals surface area contributed by atoms with Gasteiger partial charge in [-0.1, -0.05) is 76.7 Å². The van der Waals surface area contributed by atoms with Crippen molar-refractivity contribution in [1.29, 1.82) is 0 Å². The van der Waals surface area contributed by atoms with Crippen LogP contribution in [-0.4, -0.2) is 23.0 Å². The first-order chi connectivity index (χ1) is 20.1. The van der Waals surface area contributed by atoms with Gasteiger partial charge in [0.1, 0.15) is 5.70 Å². The van der Waals surface area contributed by atoms with Crippen LogP contribution in [0.3, 0.4) is 0 Å². The minimum Gasteiger partial charge on any atom is -0.324 e. The number of nitrogens with one attached hydrogen (secondary N) is 3. The summed E-state index contributed by atoms with van der Waals surface area (Å²) in [6.07, 6.45) is 1.43. The number of anilines is 2. The van der Waals surface area contributed by atoms with Crippen molar-refractivity contribution in [3.63, 3.8) is 0 Å². The van der Waals surface area contributed by atoms with Crippen LogP contribution >= 0.6 is 58.2 Å². The maximum Gasteiger partial charge on any atom is 0.272 e. The number of amides is 3. The molecule has 11 heteroatoms. The second-order valence-electron chi connectivity index (χ2n) is 8.84. The highest BCUT2D eigenvalue weighted by Gasteiger charge is 2.19. The van der Waals surface area contributed by atoms with Crippen LogP contribution in [0.2, 0.25) is 20.1 Å². The Kier molecular flexibility index (Phi) is 11.0. The Morgan fingerprint density at radius 2 is 1.36 bits per heavy atom. The van der Waals surface area contributed by atoms with Crippen LogP contribution in [0.15, 0.2) is 102 Å². The fourth-order valence-electron chi connectivity index (χ4n) is 3.64. The lowest BCUT2D eigenvalue weighted by Crippen LogP contribution is -2.30. The lowest BCUT2D eigenvalue weighted by atomic mass is 10.1. The highest BCUT2D eigenvalue weighted by molar-refractivity contribution is 8.00. The van der Waals surface area contributed by atoms with Crippen LogP contribution in [-0.2, 0) is 9.59 Å². The SMILES string of the molecule is CC(Sc1ccc(NC(=O)/C(=C/c2c(Cl)cccc2Cl)NC(=O)c2ccccc2)cc1)C(=O)Nc1cccc(Cl)c1Cl. The van der Waals surface area contributed by atoms with E-state index < -0.39 is 17.1 Å². The van der Waals surface area contributed by atoms with Gasteiger partial charge in [0.25, 0.3) is 11.8 Å². The molecule has 0 heterocycles. The second-order valence-corrected chi connectivity index (χ2v) is 11.9. The molecule has 1 unspecified atom stereocenters. The Hall–Kier alpha value is -3.46. The number of hydrogen-bond donors (Lipinski definition) is 3. The lowest BCUT2D eigenvalue weighted by molar-refractivity contribution is -0.115. The van der Waals surface area contributed by atoms with Gasteiger partial charge in [0, 0.05) is 31.8 Å². The van der Waals surface area contributed by atoms with Crippen LogP contribution in [0.5, 0.6) is 0 Å². The highest BCUT2D eigenvalue weighted by Crippen LogP contribution is 2.31. The first-order valence-electron chi connectivity index (χ1n) is 12.5. The van der Waals surface area contributed by atoms with E-state index in [9.17, 15) is 14.4 Å². The maximum absolute atomic E-state index is 13.3. The first kappa shape index (κ1) is 31.5. The summed E-state index contributed by atoms with van der Waals surface area (Å²) in [4.78, 5) is 39.7. The minimum atomic E-state index is -0.582. The molecule has 0 aliphatic carbocycles. The van der Waals surface area contributed by atoms with Gasteiger partial charge >= 0.3 is 0 Å². The Balaban J connectivity index is 1.46. The van der Waals surface area contributed by atoms with Gasteiger partial charge < -0.3 is 16.0 Å². The third-order valence-corrected chi connectivity index (χ3v) is 8.41. The zero-order chi connectivity index (χ0) is 30.2. The van der Waals surface area contributed by atoms with Gasteiger partial charge in [-0.25, -0.2) is 0 Å². The van der Waals surface area contributed by atoms with Gasteiger partial charge in [-0.3, -0.25) is 14.4 Å². The number of rotatable bonds is 9. The molecule has 3 amide bonds. The van der Waals surface area contributed by atoms with Crippen molar-refractivity contribution in [3.05, 3.63) is 128 Å². The molecule has 4 aromatic rings. The predicted octanol–water partition coefficient (Wildman–Crippen LogP) is 8.83. The molecule has 42 heavy (non-hydrogen) atoms. The summed E-state index contributed by atoms with van der Waals surface area (Å²) in [7, 11) is 0. The van der Waals surface area contributed by atoms with E-state index in [0.29, 0.717) is 37.6 Å². The largest absolute Gasteiger partial charge is 0.324 e. The number of thioether (sulfide) groups is 1. The van der Waals surface area contributed by atoms with E-state index in [-0.39, 0.29) is 16.6 Å². The highest BCUT2D eigenvalue weighted by atomic mass is 35.5. The van der Waals surface area contributed by atoms with Gasteiger partial charge in [0.05, 0.1) is 21.0 Å². The molecule has 4 rings (SSSR count). The molecule has 214 valence electrons. The first-order valence-corrected chi connectivity index (χ1v) is 14.9. The van der Waals surface area contributed by atoms with Crippen LogP contribution in [0.4, 0.5) is 11.4 Å². The Morgan fingerprint density at radius 3 is 2.02 bits per heavy atom. The predicted molar refractivity (Wildman–Crippen MR) is 174 cm³/mol. The van der Waals surface area contributed by atoms with E-state index in [1.54, 1.807) is 97.9 Å². The Morgan fingerprint density at radius 1 is 0.738 bits per heavy atom. The Labute approximate surface area is 267 Å². The summed E-state index contributed by atoms with van der Waals surface area (Å²) >= 11 is 26.2. The van der Waals surface area contributed by atoms with E-state index in [0.717, 1.165) is 4.90 Å². The molecule has 0 radical (unpaired) electrons. The average molecular weight is 659 g/mol. The van der Waals surface area contributed by atoms with Gasteiger partial charge in [-0.15, -0.1) is 11.8 Å². The number of halogens is 4. The summed E-state index contributed by atoms with van der Waals surface area (Å²) in [6, 6.07) is 25.4. The molecule has 0 spiro atoms. The Bertz CT molecular complexity index is 1630. The van der Waals surface area contributed by atoms with Gasteiger partial charge in [-0.2, -0.15) is 0 Å².